The Morgan fingerprint density at radius 2 is 2.05 bits per heavy atom. The SMILES string of the molecule is Cc1ccc(S(=O)(=O)Nc2ccc(NC3CC3)nc2)s1. The Labute approximate surface area is 122 Å². The minimum Gasteiger partial charge on any atom is -0.367 e. The first-order valence-electron chi connectivity index (χ1n) is 6.35. The van der Waals surface area contributed by atoms with Gasteiger partial charge in [0.2, 0.25) is 0 Å². The van der Waals surface area contributed by atoms with E-state index in [4.69, 9.17) is 0 Å². The predicted molar refractivity (Wildman–Crippen MR) is 80.7 cm³/mol. The van der Waals surface area contributed by atoms with Crippen molar-refractivity contribution in [1.82, 2.24) is 4.98 Å². The average Bonchev–Trinajstić information content (AvgIpc) is 3.10. The van der Waals surface area contributed by atoms with Crippen molar-refractivity contribution in [2.75, 3.05) is 10.0 Å². The molecule has 0 atom stereocenters. The molecule has 3 rings (SSSR count). The lowest BCUT2D eigenvalue weighted by Gasteiger charge is -2.07. The molecular formula is C13H15N3O2S2. The molecule has 7 heteroatoms. The molecule has 0 spiro atoms. The molecule has 2 heterocycles. The molecule has 0 aliphatic heterocycles. The van der Waals surface area contributed by atoms with E-state index in [9.17, 15) is 8.42 Å². The molecule has 0 saturated heterocycles. The number of hydrogen-bond acceptors (Lipinski definition) is 5. The third-order valence-corrected chi connectivity index (χ3v) is 5.80. The zero-order valence-corrected chi connectivity index (χ0v) is 12.6. The van der Waals surface area contributed by atoms with Gasteiger partial charge in [-0.25, -0.2) is 13.4 Å². The summed E-state index contributed by atoms with van der Waals surface area (Å²) in [5, 5.41) is 3.25. The predicted octanol–water partition coefficient (Wildman–Crippen LogP) is 2.83. The van der Waals surface area contributed by atoms with Crippen molar-refractivity contribution >= 4 is 32.9 Å². The molecule has 1 saturated carbocycles. The fourth-order valence-corrected chi connectivity index (χ4v) is 4.06. The molecule has 0 bridgehead atoms. The van der Waals surface area contributed by atoms with Gasteiger partial charge in [-0.15, -0.1) is 11.3 Å². The highest BCUT2D eigenvalue weighted by molar-refractivity contribution is 7.94. The van der Waals surface area contributed by atoms with Gasteiger partial charge in [0.25, 0.3) is 10.0 Å². The molecule has 0 aromatic carbocycles. The zero-order valence-electron chi connectivity index (χ0n) is 11.0. The van der Waals surface area contributed by atoms with Crippen molar-refractivity contribution in [2.45, 2.75) is 30.0 Å². The molecule has 2 aromatic heterocycles. The number of nitrogens with zero attached hydrogens (tertiary/aromatic N) is 1. The van der Waals surface area contributed by atoms with Crippen LogP contribution in [0.5, 0.6) is 0 Å². The van der Waals surface area contributed by atoms with Gasteiger partial charge in [-0.3, -0.25) is 4.72 Å². The summed E-state index contributed by atoms with van der Waals surface area (Å²) < 4.78 is 27.1. The van der Waals surface area contributed by atoms with Crippen LogP contribution in [0.25, 0.3) is 0 Å². The maximum atomic E-state index is 12.1. The van der Waals surface area contributed by atoms with E-state index in [0.717, 1.165) is 10.7 Å². The second-order valence-corrected chi connectivity index (χ2v) is 8.02. The maximum absolute atomic E-state index is 12.1. The fraction of sp³-hybridized carbons (Fsp3) is 0.308. The van der Waals surface area contributed by atoms with Crippen LogP contribution < -0.4 is 10.0 Å². The number of anilines is 2. The molecule has 0 amide bonds. The summed E-state index contributed by atoms with van der Waals surface area (Å²) in [6, 6.07) is 7.43. The lowest BCUT2D eigenvalue weighted by atomic mass is 10.4. The highest BCUT2D eigenvalue weighted by Crippen LogP contribution is 2.25. The molecule has 1 aliphatic rings. The molecule has 0 radical (unpaired) electrons. The van der Waals surface area contributed by atoms with Crippen molar-refractivity contribution in [3.8, 4) is 0 Å². The molecule has 20 heavy (non-hydrogen) atoms. The Morgan fingerprint density at radius 3 is 2.60 bits per heavy atom. The summed E-state index contributed by atoms with van der Waals surface area (Å²) in [6.07, 6.45) is 3.88. The monoisotopic (exact) mass is 309 g/mol. The van der Waals surface area contributed by atoms with Crippen LogP contribution in [-0.2, 0) is 10.0 Å². The third-order valence-electron chi connectivity index (χ3n) is 2.93. The van der Waals surface area contributed by atoms with Crippen molar-refractivity contribution < 1.29 is 8.42 Å². The van der Waals surface area contributed by atoms with E-state index in [1.165, 1.54) is 30.4 Å². The van der Waals surface area contributed by atoms with Crippen molar-refractivity contribution in [3.05, 3.63) is 35.3 Å². The summed E-state index contributed by atoms with van der Waals surface area (Å²) in [7, 11) is -3.51. The van der Waals surface area contributed by atoms with Crippen LogP contribution in [0.3, 0.4) is 0 Å². The fourth-order valence-electron chi connectivity index (χ4n) is 1.74. The van der Waals surface area contributed by atoms with Crippen LogP contribution in [0.15, 0.2) is 34.7 Å². The second-order valence-electron chi connectivity index (χ2n) is 4.82. The Hall–Kier alpha value is -1.60. The van der Waals surface area contributed by atoms with Gasteiger partial charge in [0.05, 0.1) is 11.9 Å². The van der Waals surface area contributed by atoms with Gasteiger partial charge in [0.1, 0.15) is 10.0 Å². The van der Waals surface area contributed by atoms with Crippen molar-refractivity contribution in [3.63, 3.8) is 0 Å². The van der Waals surface area contributed by atoms with Gasteiger partial charge in [0.15, 0.2) is 0 Å². The maximum Gasteiger partial charge on any atom is 0.271 e. The Morgan fingerprint density at radius 1 is 1.25 bits per heavy atom. The highest BCUT2D eigenvalue weighted by Gasteiger charge is 2.21. The van der Waals surface area contributed by atoms with Crippen LogP contribution in [0, 0.1) is 6.92 Å². The number of sulfonamides is 1. The summed E-state index contributed by atoms with van der Waals surface area (Å²) >= 11 is 1.25. The number of rotatable bonds is 5. The average molecular weight is 309 g/mol. The van der Waals surface area contributed by atoms with E-state index < -0.39 is 10.0 Å². The third kappa shape index (κ3) is 3.10. The van der Waals surface area contributed by atoms with Crippen LogP contribution in [-0.4, -0.2) is 19.4 Å². The van der Waals surface area contributed by atoms with Gasteiger partial charge in [-0.2, -0.15) is 0 Å². The van der Waals surface area contributed by atoms with E-state index in [-0.39, 0.29) is 0 Å². The summed E-state index contributed by atoms with van der Waals surface area (Å²) in [6.45, 7) is 1.88. The van der Waals surface area contributed by atoms with E-state index >= 15 is 0 Å². The topological polar surface area (TPSA) is 71.1 Å². The first-order chi connectivity index (χ1) is 9.53. The summed E-state index contributed by atoms with van der Waals surface area (Å²) in [5.41, 5.74) is 0.470. The van der Waals surface area contributed by atoms with Gasteiger partial charge < -0.3 is 5.32 Å². The molecular weight excluding hydrogens is 294 g/mol. The molecule has 5 nitrogen and oxygen atoms in total. The number of aromatic nitrogens is 1. The van der Waals surface area contributed by atoms with Crippen molar-refractivity contribution in [2.24, 2.45) is 0 Å². The molecule has 1 aliphatic carbocycles. The number of aryl methyl sites for hydroxylation is 1. The van der Waals surface area contributed by atoms with Crippen LogP contribution >= 0.6 is 11.3 Å². The Bertz CT molecular complexity index is 703. The Kier molecular flexibility index (Phi) is 3.39. The molecule has 1 fully saturated rings. The Balaban J connectivity index is 1.73. The van der Waals surface area contributed by atoms with Gasteiger partial charge >= 0.3 is 0 Å². The number of pyridine rings is 1. The van der Waals surface area contributed by atoms with Crippen LogP contribution in [0.2, 0.25) is 0 Å². The second kappa shape index (κ2) is 5.06. The minimum atomic E-state index is -3.51. The normalized spacial score (nSPS) is 15.1. The standard InChI is InChI=1S/C13H15N3O2S2/c1-9-2-7-13(19-9)20(17,18)16-11-5-6-12(14-8-11)15-10-3-4-10/h2,5-8,10,16H,3-4H2,1H3,(H,14,15). The quantitative estimate of drug-likeness (QED) is 0.891. The van der Waals surface area contributed by atoms with Gasteiger partial charge in [-0.1, -0.05) is 0 Å². The van der Waals surface area contributed by atoms with Crippen LogP contribution in [0.4, 0.5) is 11.5 Å². The molecule has 2 N–H and O–H groups in total. The molecule has 0 unspecified atom stereocenters. The minimum absolute atomic E-state index is 0.315. The first kappa shape index (κ1) is 13.4. The lowest BCUT2D eigenvalue weighted by molar-refractivity contribution is 0.603. The lowest BCUT2D eigenvalue weighted by Crippen LogP contribution is -2.12. The summed E-state index contributed by atoms with van der Waals surface area (Å²) in [4.78, 5) is 5.17. The van der Waals surface area contributed by atoms with Gasteiger partial charge in [0, 0.05) is 10.9 Å². The van der Waals surface area contributed by atoms with Crippen molar-refractivity contribution in [1.29, 1.82) is 0 Å². The van der Waals surface area contributed by atoms with E-state index in [0.29, 0.717) is 15.9 Å². The first-order valence-corrected chi connectivity index (χ1v) is 8.65. The highest BCUT2D eigenvalue weighted by atomic mass is 32.2. The van der Waals surface area contributed by atoms with E-state index in [1.807, 2.05) is 6.92 Å². The number of nitrogens with one attached hydrogen (secondary N) is 2. The smallest absolute Gasteiger partial charge is 0.271 e. The van der Waals surface area contributed by atoms with Crippen LogP contribution in [0.1, 0.15) is 17.7 Å². The largest absolute Gasteiger partial charge is 0.367 e. The number of hydrogen-bond donors (Lipinski definition) is 2. The number of thiophene rings is 1. The zero-order chi connectivity index (χ0) is 14.2. The van der Waals surface area contributed by atoms with Gasteiger partial charge in [-0.05, 0) is 44.0 Å². The van der Waals surface area contributed by atoms with E-state index in [2.05, 4.69) is 15.0 Å². The van der Waals surface area contributed by atoms with E-state index in [1.54, 1.807) is 24.3 Å². The molecule has 2 aromatic rings. The summed E-state index contributed by atoms with van der Waals surface area (Å²) in [5.74, 6) is 0.780. The molecule has 106 valence electrons.